The number of alkyl halides is 1. The highest BCUT2D eigenvalue weighted by Crippen LogP contribution is 2.57. The zero-order chi connectivity index (χ0) is 20.7. The van der Waals surface area contributed by atoms with Gasteiger partial charge in [-0.2, -0.15) is 0 Å². The summed E-state index contributed by atoms with van der Waals surface area (Å²) < 4.78 is 31.1. The molecule has 28 heavy (non-hydrogen) atoms. The van der Waals surface area contributed by atoms with E-state index in [2.05, 4.69) is 4.99 Å². The monoisotopic (exact) mass is 423 g/mol. The van der Waals surface area contributed by atoms with E-state index < -0.39 is 19.0 Å². The van der Waals surface area contributed by atoms with E-state index in [0.717, 1.165) is 22.0 Å². The molecule has 2 aromatic carbocycles. The second kappa shape index (κ2) is 7.46. The molecule has 1 atom stereocenters. The summed E-state index contributed by atoms with van der Waals surface area (Å²) in [7, 11) is -3.91. The summed E-state index contributed by atoms with van der Waals surface area (Å²) in [6, 6.07) is 9.56. The third-order valence-electron chi connectivity index (χ3n) is 3.94. The van der Waals surface area contributed by atoms with Crippen molar-refractivity contribution in [1.29, 1.82) is 0 Å². The minimum Gasteiger partial charge on any atom is -0.403 e. The maximum atomic E-state index is 13.6. The van der Waals surface area contributed by atoms with Gasteiger partial charge in [-0.3, -0.25) is 14.0 Å². The number of nitrogens with zero attached hydrogens (tertiary/aromatic N) is 1. The zero-order valence-corrected chi connectivity index (χ0v) is 18.8. The molecule has 5 nitrogen and oxygen atoms in total. The molecule has 7 heteroatoms. The maximum absolute atomic E-state index is 13.6. The second-order valence-corrected chi connectivity index (χ2v) is 10.6. The van der Waals surface area contributed by atoms with Gasteiger partial charge in [0.05, 0.1) is 16.9 Å². The van der Waals surface area contributed by atoms with Crippen LogP contribution in [0.3, 0.4) is 0 Å². The lowest BCUT2D eigenvalue weighted by Gasteiger charge is -2.31. The van der Waals surface area contributed by atoms with Crippen LogP contribution in [-0.4, -0.2) is 23.3 Å². The van der Waals surface area contributed by atoms with E-state index in [0.29, 0.717) is 11.6 Å². The molecule has 0 spiro atoms. The molecule has 0 aliphatic carbocycles. The van der Waals surface area contributed by atoms with Gasteiger partial charge < -0.3 is 4.52 Å². The van der Waals surface area contributed by atoms with Crippen molar-refractivity contribution in [3.63, 3.8) is 0 Å². The second-order valence-electron chi connectivity index (χ2n) is 8.84. The molecule has 1 unspecified atom stereocenters. The molecule has 0 saturated carbocycles. The van der Waals surface area contributed by atoms with Crippen LogP contribution in [0.25, 0.3) is 10.8 Å². The van der Waals surface area contributed by atoms with E-state index in [1.54, 1.807) is 6.07 Å². The molecule has 0 amide bonds. The molecule has 0 radical (unpaired) electrons. The van der Waals surface area contributed by atoms with Crippen molar-refractivity contribution in [1.82, 2.24) is 0 Å². The third kappa shape index (κ3) is 4.77. The minimum absolute atomic E-state index is 0.0408. The molecule has 1 aliphatic heterocycles. The van der Waals surface area contributed by atoms with Gasteiger partial charge in [-0.1, -0.05) is 24.3 Å². The molecule has 2 aromatic rings. The van der Waals surface area contributed by atoms with E-state index in [-0.39, 0.29) is 5.92 Å². The van der Waals surface area contributed by atoms with Crippen LogP contribution < -0.4 is 4.52 Å². The summed E-state index contributed by atoms with van der Waals surface area (Å²) in [5, 5.41) is 1.79. The van der Waals surface area contributed by atoms with Crippen LogP contribution in [0.4, 0.5) is 5.69 Å². The highest BCUT2D eigenvalue weighted by molar-refractivity contribution is 7.49. The number of halogens is 1. The maximum Gasteiger partial charge on any atom is 0.531 e. The lowest BCUT2D eigenvalue weighted by Crippen LogP contribution is -2.25. The van der Waals surface area contributed by atoms with E-state index in [1.807, 2.05) is 72.0 Å². The average molecular weight is 424 g/mol. The Balaban J connectivity index is 2.11. The highest BCUT2D eigenvalue weighted by Gasteiger charge is 2.39. The number of phosphoric acid groups is 1. The Kier molecular flexibility index (Phi) is 5.68. The molecular weight excluding hydrogens is 397 g/mol. The summed E-state index contributed by atoms with van der Waals surface area (Å²) >= 11 is 6.12. The highest BCUT2D eigenvalue weighted by atomic mass is 35.5. The standard InChI is InChI=1S/C21H27ClNO4P/c1-20(2,3)26-28(24,27-21(4,5)6)25-18-11-17-19(14(12-22)13-23-17)16-10-8-7-9-15(16)18/h7-11,13-14H,12H2,1-6H3. The van der Waals surface area contributed by atoms with E-state index in [4.69, 9.17) is 25.2 Å². The molecule has 0 fully saturated rings. The van der Waals surface area contributed by atoms with Gasteiger partial charge >= 0.3 is 7.82 Å². The number of phosphoric ester groups is 1. The van der Waals surface area contributed by atoms with Crippen LogP contribution in [0.1, 0.15) is 53.0 Å². The lowest BCUT2D eigenvalue weighted by molar-refractivity contribution is 0.0226. The van der Waals surface area contributed by atoms with Crippen LogP contribution in [-0.2, 0) is 13.6 Å². The number of hydrogen-bond donors (Lipinski definition) is 0. The number of fused-ring (bicyclic) bond motifs is 3. The van der Waals surface area contributed by atoms with Crippen molar-refractivity contribution in [3.05, 3.63) is 35.9 Å². The first-order valence-electron chi connectivity index (χ1n) is 9.28. The summed E-state index contributed by atoms with van der Waals surface area (Å²) in [5.41, 5.74) is 0.392. The third-order valence-corrected chi connectivity index (χ3v) is 6.23. The van der Waals surface area contributed by atoms with Gasteiger partial charge in [0, 0.05) is 29.5 Å². The number of hydrogen-bond acceptors (Lipinski definition) is 5. The predicted octanol–water partition coefficient (Wildman–Crippen LogP) is 7.00. The Morgan fingerprint density at radius 1 is 1.04 bits per heavy atom. The number of rotatable bonds is 5. The van der Waals surface area contributed by atoms with Crippen molar-refractivity contribution >= 4 is 42.1 Å². The quantitative estimate of drug-likeness (QED) is 0.384. The lowest BCUT2D eigenvalue weighted by atomic mass is 9.95. The van der Waals surface area contributed by atoms with Gasteiger partial charge in [-0.25, -0.2) is 4.57 Å². The molecule has 3 rings (SSSR count). The molecule has 0 bridgehead atoms. The average Bonchev–Trinajstić information content (AvgIpc) is 2.94. The molecule has 152 valence electrons. The minimum atomic E-state index is -3.91. The molecule has 1 aliphatic rings. The summed E-state index contributed by atoms with van der Waals surface area (Å²) in [6.07, 6.45) is 1.84. The van der Waals surface area contributed by atoms with Crippen LogP contribution in [0.2, 0.25) is 0 Å². The predicted molar refractivity (Wildman–Crippen MR) is 115 cm³/mol. The van der Waals surface area contributed by atoms with Crippen LogP contribution >= 0.6 is 19.4 Å². The Morgan fingerprint density at radius 3 is 2.14 bits per heavy atom. The first-order valence-corrected chi connectivity index (χ1v) is 11.3. The molecule has 0 N–H and O–H groups in total. The largest absolute Gasteiger partial charge is 0.531 e. The Labute approximate surface area is 171 Å². The first-order chi connectivity index (χ1) is 12.9. The molecular formula is C21H27ClNO4P. The molecule has 0 saturated heterocycles. The van der Waals surface area contributed by atoms with Crippen LogP contribution in [0, 0.1) is 0 Å². The van der Waals surface area contributed by atoms with Crippen molar-refractivity contribution in [2.24, 2.45) is 4.99 Å². The smallest absolute Gasteiger partial charge is 0.403 e. The van der Waals surface area contributed by atoms with Crippen LogP contribution in [0.5, 0.6) is 5.75 Å². The van der Waals surface area contributed by atoms with Crippen molar-refractivity contribution in [3.8, 4) is 5.75 Å². The fraction of sp³-hybridized carbons (Fsp3) is 0.476. The zero-order valence-electron chi connectivity index (χ0n) is 17.2. The summed E-state index contributed by atoms with van der Waals surface area (Å²) in [4.78, 5) is 4.48. The first kappa shape index (κ1) is 21.3. The molecule has 0 aromatic heterocycles. The Hall–Kier alpha value is -1.39. The van der Waals surface area contributed by atoms with Gasteiger partial charge in [0.1, 0.15) is 5.75 Å². The number of aliphatic imine (C=N–C) groups is 1. The van der Waals surface area contributed by atoms with Crippen molar-refractivity contribution < 1.29 is 18.1 Å². The van der Waals surface area contributed by atoms with Crippen molar-refractivity contribution in [2.75, 3.05) is 5.88 Å². The van der Waals surface area contributed by atoms with Gasteiger partial charge in [0.25, 0.3) is 0 Å². The number of benzene rings is 2. The topological polar surface area (TPSA) is 57.1 Å². The normalized spacial score (nSPS) is 17.2. The molecule has 1 heterocycles. The van der Waals surface area contributed by atoms with E-state index >= 15 is 0 Å². The van der Waals surface area contributed by atoms with E-state index in [1.165, 1.54) is 0 Å². The fourth-order valence-corrected chi connectivity index (χ4v) is 5.21. The SMILES string of the molecule is CC(C)(C)OP(=O)(Oc1cc2c(c3ccccc13)C(CCl)C=N2)OC(C)(C)C. The van der Waals surface area contributed by atoms with Gasteiger partial charge in [-0.05, 0) is 52.5 Å². The van der Waals surface area contributed by atoms with Crippen molar-refractivity contribution in [2.45, 2.75) is 58.7 Å². The summed E-state index contributed by atoms with van der Waals surface area (Å²) in [6.45, 7) is 10.9. The summed E-state index contributed by atoms with van der Waals surface area (Å²) in [5.74, 6) is 0.900. The van der Waals surface area contributed by atoms with Crippen LogP contribution in [0.15, 0.2) is 35.3 Å². The van der Waals surface area contributed by atoms with E-state index in [9.17, 15) is 4.57 Å². The Morgan fingerprint density at radius 2 is 1.61 bits per heavy atom. The van der Waals surface area contributed by atoms with Gasteiger partial charge in [-0.15, -0.1) is 11.6 Å². The van der Waals surface area contributed by atoms with Gasteiger partial charge in [0.2, 0.25) is 0 Å². The fourth-order valence-electron chi connectivity index (χ4n) is 3.13. The Bertz CT molecular complexity index is 939. The van der Waals surface area contributed by atoms with Gasteiger partial charge in [0.15, 0.2) is 0 Å².